The maximum Gasteiger partial charge on any atom is 0.344 e. The molecule has 0 atom stereocenters. The Bertz CT molecular complexity index is 1400. The van der Waals surface area contributed by atoms with Crippen LogP contribution in [0.15, 0.2) is 38.2 Å². The van der Waals surface area contributed by atoms with E-state index in [-0.39, 0.29) is 27.7 Å². The Balaban J connectivity index is 1.49. The first-order valence-corrected chi connectivity index (χ1v) is 11.9. The minimum Gasteiger partial charge on any atom is -0.398 e. The summed E-state index contributed by atoms with van der Waals surface area (Å²) in [7, 11) is -3.72. The molecule has 4 aromatic rings. The van der Waals surface area contributed by atoms with Crippen LogP contribution in [0.25, 0.3) is 28.6 Å². The van der Waals surface area contributed by atoms with Gasteiger partial charge in [0.15, 0.2) is 0 Å². The maximum atomic E-state index is 13.2. The van der Waals surface area contributed by atoms with E-state index in [0.717, 1.165) is 18.5 Å². The standard InChI is InChI=1S/C19H17ClN6O5S/c20-14-10-12(32(27,28)25-5-7-29-8-6-25)9-13-16(11-1-2-11)24-26(17(13)14)19-23-22-18(30-19)15-3-4-21-31-15/h3-4,9-11H,1-2,5-8H2. The number of halogens is 1. The van der Waals surface area contributed by atoms with Crippen LogP contribution in [0.5, 0.6) is 0 Å². The van der Waals surface area contributed by atoms with Gasteiger partial charge in [-0.3, -0.25) is 0 Å². The van der Waals surface area contributed by atoms with Gasteiger partial charge in [0.2, 0.25) is 15.8 Å². The number of nitrogens with zero attached hydrogens (tertiary/aromatic N) is 6. The molecule has 1 aromatic carbocycles. The molecule has 1 saturated heterocycles. The Kier molecular flexibility index (Phi) is 4.57. The molecule has 2 aliphatic rings. The Hall–Kier alpha value is -2.80. The van der Waals surface area contributed by atoms with Crippen LogP contribution in [-0.4, -0.2) is 64.2 Å². The molecule has 1 saturated carbocycles. The molecule has 3 aromatic heterocycles. The number of fused-ring (bicyclic) bond motifs is 1. The molecule has 11 nitrogen and oxygen atoms in total. The lowest BCUT2D eigenvalue weighted by atomic mass is 10.1. The van der Waals surface area contributed by atoms with Gasteiger partial charge in [-0.2, -0.15) is 14.1 Å². The molecule has 0 amide bonds. The molecule has 1 aliphatic heterocycles. The average Bonchev–Trinajstić information content (AvgIpc) is 3.21. The van der Waals surface area contributed by atoms with E-state index in [1.54, 1.807) is 12.1 Å². The van der Waals surface area contributed by atoms with E-state index in [9.17, 15) is 8.42 Å². The first kappa shape index (κ1) is 19.9. The van der Waals surface area contributed by atoms with Gasteiger partial charge in [-0.1, -0.05) is 21.9 Å². The van der Waals surface area contributed by atoms with Gasteiger partial charge in [-0.05, 0) is 25.0 Å². The van der Waals surface area contributed by atoms with Gasteiger partial charge < -0.3 is 13.7 Å². The molecule has 1 aliphatic carbocycles. The highest BCUT2D eigenvalue weighted by atomic mass is 35.5. The van der Waals surface area contributed by atoms with Crippen molar-refractivity contribution < 1.29 is 22.1 Å². The Labute approximate surface area is 186 Å². The van der Waals surface area contributed by atoms with Crippen molar-refractivity contribution in [2.45, 2.75) is 23.7 Å². The molecule has 0 N–H and O–H groups in total. The fourth-order valence-electron chi connectivity index (χ4n) is 3.80. The van der Waals surface area contributed by atoms with Crippen molar-refractivity contribution in [1.29, 1.82) is 0 Å². The molecule has 0 bridgehead atoms. The fraction of sp³-hybridized carbons (Fsp3) is 0.368. The highest BCUT2D eigenvalue weighted by molar-refractivity contribution is 7.89. The lowest BCUT2D eigenvalue weighted by Crippen LogP contribution is -2.40. The SMILES string of the molecule is O=S(=O)(c1cc(Cl)c2c(c1)c(C1CC1)nn2-c1nnc(-c2ccno2)o1)N1CCOCC1. The first-order valence-electron chi connectivity index (χ1n) is 10.1. The number of rotatable bonds is 5. The second-order valence-electron chi connectivity index (χ2n) is 7.66. The van der Waals surface area contributed by atoms with Crippen LogP contribution < -0.4 is 0 Å². The van der Waals surface area contributed by atoms with E-state index in [0.29, 0.717) is 43.0 Å². The number of benzene rings is 1. The summed E-state index contributed by atoms with van der Waals surface area (Å²) in [5.41, 5.74) is 1.28. The van der Waals surface area contributed by atoms with E-state index in [1.807, 2.05) is 0 Å². The zero-order chi connectivity index (χ0) is 21.9. The summed E-state index contributed by atoms with van der Waals surface area (Å²) in [6.07, 6.45) is 3.41. The highest BCUT2D eigenvalue weighted by Crippen LogP contribution is 2.44. The quantitative estimate of drug-likeness (QED) is 0.426. The molecular weight excluding hydrogens is 460 g/mol. The topological polar surface area (TPSA) is 129 Å². The summed E-state index contributed by atoms with van der Waals surface area (Å²) in [5.74, 6) is 0.706. The van der Waals surface area contributed by atoms with Crippen LogP contribution in [0.1, 0.15) is 24.5 Å². The second-order valence-corrected chi connectivity index (χ2v) is 10.0. The van der Waals surface area contributed by atoms with Crippen LogP contribution in [0.2, 0.25) is 5.02 Å². The monoisotopic (exact) mass is 476 g/mol. The minimum atomic E-state index is -3.72. The van der Waals surface area contributed by atoms with Gasteiger partial charge >= 0.3 is 6.01 Å². The van der Waals surface area contributed by atoms with Gasteiger partial charge in [0.1, 0.15) is 0 Å². The Morgan fingerprint density at radius 3 is 2.66 bits per heavy atom. The molecule has 2 fully saturated rings. The zero-order valence-corrected chi connectivity index (χ0v) is 18.2. The number of ether oxygens (including phenoxy) is 1. The lowest BCUT2D eigenvalue weighted by molar-refractivity contribution is 0.0730. The number of aromatic nitrogens is 5. The smallest absolute Gasteiger partial charge is 0.344 e. The zero-order valence-electron chi connectivity index (χ0n) is 16.6. The molecule has 0 unspecified atom stereocenters. The maximum absolute atomic E-state index is 13.2. The molecule has 13 heteroatoms. The van der Waals surface area contributed by atoms with Gasteiger partial charge in [0.25, 0.3) is 5.89 Å². The summed E-state index contributed by atoms with van der Waals surface area (Å²) in [4.78, 5) is 0.131. The Morgan fingerprint density at radius 1 is 1.12 bits per heavy atom. The predicted octanol–water partition coefficient (Wildman–Crippen LogP) is 2.62. The van der Waals surface area contributed by atoms with Gasteiger partial charge in [-0.25, -0.2) is 8.42 Å². The summed E-state index contributed by atoms with van der Waals surface area (Å²) in [5, 5.41) is 17.3. The number of sulfonamides is 1. The molecule has 0 spiro atoms. The van der Waals surface area contributed by atoms with Crippen molar-refractivity contribution in [3.8, 4) is 17.7 Å². The van der Waals surface area contributed by atoms with Crippen molar-refractivity contribution in [2.24, 2.45) is 0 Å². The minimum absolute atomic E-state index is 0.0963. The lowest BCUT2D eigenvalue weighted by Gasteiger charge is -2.26. The molecule has 166 valence electrons. The van der Waals surface area contributed by atoms with Gasteiger partial charge in [-0.15, -0.1) is 5.10 Å². The predicted molar refractivity (Wildman–Crippen MR) is 111 cm³/mol. The van der Waals surface area contributed by atoms with Crippen LogP contribution in [0, 0.1) is 0 Å². The first-order chi connectivity index (χ1) is 15.5. The van der Waals surface area contributed by atoms with E-state index < -0.39 is 10.0 Å². The summed E-state index contributed by atoms with van der Waals surface area (Å²) in [6.45, 7) is 1.34. The molecule has 6 rings (SSSR count). The third-order valence-electron chi connectivity index (χ3n) is 5.55. The number of hydrogen-bond acceptors (Lipinski definition) is 9. The van der Waals surface area contributed by atoms with Crippen molar-refractivity contribution in [3.63, 3.8) is 0 Å². The average molecular weight is 477 g/mol. The highest BCUT2D eigenvalue weighted by Gasteiger charge is 2.33. The summed E-state index contributed by atoms with van der Waals surface area (Å²) in [6, 6.07) is 4.77. The van der Waals surface area contributed by atoms with Crippen LogP contribution in [0.3, 0.4) is 0 Å². The van der Waals surface area contributed by atoms with E-state index in [4.69, 9.17) is 25.3 Å². The van der Waals surface area contributed by atoms with Crippen molar-refractivity contribution in [2.75, 3.05) is 26.3 Å². The third kappa shape index (κ3) is 3.22. The van der Waals surface area contributed by atoms with Crippen LogP contribution >= 0.6 is 11.6 Å². The molecule has 4 heterocycles. The third-order valence-corrected chi connectivity index (χ3v) is 7.71. The normalized spacial score (nSPS) is 17.9. The fourth-order valence-corrected chi connectivity index (χ4v) is 5.63. The van der Waals surface area contributed by atoms with Crippen LogP contribution in [0.4, 0.5) is 0 Å². The van der Waals surface area contributed by atoms with Crippen molar-refractivity contribution in [3.05, 3.63) is 35.1 Å². The van der Waals surface area contributed by atoms with Crippen molar-refractivity contribution >= 4 is 32.5 Å². The molecular formula is C19H17ClN6O5S. The van der Waals surface area contributed by atoms with Crippen molar-refractivity contribution in [1.82, 2.24) is 29.4 Å². The summed E-state index contributed by atoms with van der Waals surface area (Å²) >= 11 is 6.62. The largest absolute Gasteiger partial charge is 0.398 e. The Morgan fingerprint density at radius 2 is 1.94 bits per heavy atom. The van der Waals surface area contributed by atoms with Gasteiger partial charge in [0.05, 0.1) is 40.5 Å². The second kappa shape index (κ2) is 7.37. The number of hydrogen-bond donors (Lipinski definition) is 0. The van der Waals surface area contributed by atoms with E-state index in [2.05, 4.69) is 20.5 Å². The van der Waals surface area contributed by atoms with E-state index >= 15 is 0 Å². The molecule has 0 radical (unpaired) electrons. The molecule has 32 heavy (non-hydrogen) atoms. The van der Waals surface area contributed by atoms with Gasteiger partial charge in [0, 0.05) is 30.5 Å². The van der Waals surface area contributed by atoms with Crippen LogP contribution in [-0.2, 0) is 14.8 Å². The number of morpholine rings is 1. The summed E-state index contributed by atoms with van der Waals surface area (Å²) < 4.78 is 45.4. The van der Waals surface area contributed by atoms with E-state index in [1.165, 1.54) is 21.3 Å².